The van der Waals surface area contributed by atoms with Crippen LogP contribution in [0.1, 0.15) is 39.5 Å². The normalized spacial score (nSPS) is 9.88. The Kier molecular flexibility index (Phi) is 7.02. The zero-order chi connectivity index (χ0) is 12.6. The minimum absolute atomic E-state index is 0.00154. The number of hydrogen-bond donors (Lipinski definition) is 1. The van der Waals surface area contributed by atoms with Crippen LogP contribution >= 0.6 is 0 Å². The van der Waals surface area contributed by atoms with Crippen molar-refractivity contribution in [1.29, 1.82) is 0 Å². The fraction of sp³-hybridized carbons (Fsp3) is 0.667. The summed E-state index contributed by atoms with van der Waals surface area (Å²) in [5.41, 5.74) is 0. The molecule has 0 aliphatic carbocycles. The van der Waals surface area contributed by atoms with Gasteiger partial charge in [0.2, 0.25) is 5.91 Å². The lowest BCUT2D eigenvalue weighted by Gasteiger charge is -2.26. The highest BCUT2D eigenvalue weighted by atomic mass is 16.4. The van der Waals surface area contributed by atoms with Gasteiger partial charge >= 0.3 is 5.97 Å². The summed E-state index contributed by atoms with van der Waals surface area (Å²) in [7, 11) is 0. The van der Waals surface area contributed by atoms with E-state index in [2.05, 4.69) is 5.92 Å². The first-order chi connectivity index (χ1) is 7.49. The molecular formula is C12H19NO3. The smallest absolute Gasteiger partial charge is 0.303 e. The number of carboxylic acids is 1. The number of hydrogen-bond acceptors (Lipinski definition) is 2. The monoisotopic (exact) mass is 225 g/mol. The number of carbonyl (C=O) groups excluding carboxylic acids is 1. The number of terminal acetylenes is 1. The number of carbonyl (C=O) groups is 2. The van der Waals surface area contributed by atoms with Gasteiger partial charge in [0.05, 0.1) is 0 Å². The van der Waals surface area contributed by atoms with Crippen LogP contribution in [0.15, 0.2) is 0 Å². The number of rotatable bonds is 7. The maximum absolute atomic E-state index is 11.7. The van der Waals surface area contributed by atoms with Gasteiger partial charge in [-0.3, -0.25) is 9.59 Å². The van der Waals surface area contributed by atoms with Gasteiger partial charge in [-0.05, 0) is 20.3 Å². The molecule has 1 N–H and O–H groups in total. The Labute approximate surface area is 96.6 Å². The Bertz CT molecular complexity index is 278. The van der Waals surface area contributed by atoms with Crippen LogP contribution in [-0.2, 0) is 9.59 Å². The van der Waals surface area contributed by atoms with Gasteiger partial charge in [-0.2, -0.15) is 0 Å². The van der Waals surface area contributed by atoms with Crippen LogP contribution in [-0.4, -0.2) is 34.5 Å². The lowest BCUT2D eigenvalue weighted by molar-refractivity contribution is -0.138. The maximum atomic E-state index is 11.7. The average molecular weight is 225 g/mol. The summed E-state index contributed by atoms with van der Waals surface area (Å²) in [6.45, 7) is 4.30. The standard InChI is InChI=1S/C12H19NO3/c1-4-5-7-11(14)13(10(2)3)9-6-8-12(15)16/h1,10H,5-9H2,2-3H3,(H,15,16). The number of aliphatic carboxylic acids is 1. The third-order valence-corrected chi connectivity index (χ3v) is 2.22. The molecular weight excluding hydrogens is 206 g/mol. The van der Waals surface area contributed by atoms with Crippen molar-refractivity contribution in [2.45, 2.75) is 45.6 Å². The van der Waals surface area contributed by atoms with E-state index < -0.39 is 5.97 Å². The maximum Gasteiger partial charge on any atom is 0.303 e. The highest BCUT2D eigenvalue weighted by Crippen LogP contribution is 2.06. The van der Waals surface area contributed by atoms with E-state index in [0.29, 0.717) is 25.8 Å². The van der Waals surface area contributed by atoms with E-state index in [0.717, 1.165) is 0 Å². The topological polar surface area (TPSA) is 57.6 Å². The molecule has 0 fully saturated rings. The van der Waals surface area contributed by atoms with Gasteiger partial charge in [-0.25, -0.2) is 0 Å². The van der Waals surface area contributed by atoms with Gasteiger partial charge in [0, 0.05) is 31.8 Å². The van der Waals surface area contributed by atoms with Crippen LogP contribution in [0.4, 0.5) is 0 Å². The number of carboxylic acid groups (broad SMARTS) is 1. The molecule has 0 unspecified atom stereocenters. The molecule has 0 aliphatic rings. The van der Waals surface area contributed by atoms with Crippen molar-refractivity contribution in [2.24, 2.45) is 0 Å². The largest absolute Gasteiger partial charge is 0.481 e. The molecule has 0 aromatic heterocycles. The summed E-state index contributed by atoms with van der Waals surface area (Å²) in [5, 5.41) is 8.52. The Morgan fingerprint density at radius 1 is 1.38 bits per heavy atom. The fourth-order valence-electron chi connectivity index (χ4n) is 1.39. The molecule has 1 amide bonds. The predicted octanol–water partition coefficient (Wildman–Crippen LogP) is 1.50. The van der Waals surface area contributed by atoms with Gasteiger partial charge in [0.1, 0.15) is 0 Å². The summed E-state index contributed by atoms with van der Waals surface area (Å²) >= 11 is 0. The molecule has 0 atom stereocenters. The van der Waals surface area contributed by atoms with E-state index in [-0.39, 0.29) is 18.4 Å². The first-order valence-corrected chi connectivity index (χ1v) is 5.43. The molecule has 0 saturated heterocycles. The Balaban J connectivity index is 4.12. The summed E-state index contributed by atoms with van der Waals surface area (Å²) in [4.78, 5) is 23.7. The average Bonchev–Trinajstić information content (AvgIpc) is 2.20. The van der Waals surface area contributed by atoms with Gasteiger partial charge in [-0.1, -0.05) is 0 Å². The third kappa shape index (κ3) is 6.07. The first kappa shape index (κ1) is 14.5. The molecule has 16 heavy (non-hydrogen) atoms. The van der Waals surface area contributed by atoms with Gasteiger partial charge in [-0.15, -0.1) is 12.3 Å². The SMILES string of the molecule is C#CCCC(=O)N(CCCC(=O)O)C(C)C. The van der Waals surface area contributed by atoms with E-state index >= 15 is 0 Å². The summed E-state index contributed by atoms with van der Waals surface area (Å²) in [6.07, 6.45) is 6.43. The first-order valence-electron chi connectivity index (χ1n) is 5.43. The quantitative estimate of drug-likeness (QED) is 0.668. The highest BCUT2D eigenvalue weighted by Gasteiger charge is 2.15. The van der Waals surface area contributed by atoms with Crippen LogP contribution in [0, 0.1) is 12.3 Å². The Hall–Kier alpha value is -1.50. The van der Waals surface area contributed by atoms with Crippen molar-refractivity contribution >= 4 is 11.9 Å². The van der Waals surface area contributed by atoms with E-state index in [1.165, 1.54) is 0 Å². The molecule has 90 valence electrons. The summed E-state index contributed by atoms with van der Waals surface area (Å²) < 4.78 is 0. The van der Waals surface area contributed by atoms with Crippen molar-refractivity contribution in [3.63, 3.8) is 0 Å². The second-order valence-electron chi connectivity index (χ2n) is 3.88. The second-order valence-corrected chi connectivity index (χ2v) is 3.88. The molecule has 4 nitrogen and oxygen atoms in total. The molecule has 0 bridgehead atoms. The van der Waals surface area contributed by atoms with Crippen molar-refractivity contribution in [3.05, 3.63) is 0 Å². The third-order valence-electron chi connectivity index (χ3n) is 2.22. The lowest BCUT2D eigenvalue weighted by atomic mass is 10.2. The lowest BCUT2D eigenvalue weighted by Crippen LogP contribution is -2.37. The zero-order valence-electron chi connectivity index (χ0n) is 9.90. The molecule has 4 heteroatoms. The van der Waals surface area contributed by atoms with Gasteiger partial charge in [0.25, 0.3) is 0 Å². The van der Waals surface area contributed by atoms with E-state index in [1.807, 2.05) is 13.8 Å². The van der Waals surface area contributed by atoms with E-state index in [9.17, 15) is 9.59 Å². The minimum atomic E-state index is -0.834. The van der Waals surface area contributed by atoms with Crippen LogP contribution in [0.25, 0.3) is 0 Å². The molecule has 0 rings (SSSR count). The molecule has 0 radical (unpaired) electrons. The van der Waals surface area contributed by atoms with Crippen molar-refractivity contribution in [2.75, 3.05) is 6.54 Å². The second kappa shape index (κ2) is 7.75. The zero-order valence-corrected chi connectivity index (χ0v) is 9.90. The number of nitrogens with zero attached hydrogens (tertiary/aromatic N) is 1. The Morgan fingerprint density at radius 2 is 2.00 bits per heavy atom. The predicted molar refractivity (Wildman–Crippen MR) is 61.8 cm³/mol. The molecule has 0 spiro atoms. The Morgan fingerprint density at radius 3 is 2.44 bits per heavy atom. The summed E-state index contributed by atoms with van der Waals surface area (Å²) in [6, 6.07) is 0.0825. The minimum Gasteiger partial charge on any atom is -0.481 e. The van der Waals surface area contributed by atoms with Crippen molar-refractivity contribution < 1.29 is 14.7 Å². The van der Waals surface area contributed by atoms with E-state index in [1.54, 1.807) is 4.90 Å². The van der Waals surface area contributed by atoms with Crippen LogP contribution in [0.3, 0.4) is 0 Å². The van der Waals surface area contributed by atoms with Crippen molar-refractivity contribution in [1.82, 2.24) is 4.90 Å². The van der Waals surface area contributed by atoms with Crippen LogP contribution in [0.2, 0.25) is 0 Å². The fourth-order valence-corrected chi connectivity index (χ4v) is 1.39. The molecule has 0 heterocycles. The van der Waals surface area contributed by atoms with Crippen LogP contribution in [0.5, 0.6) is 0 Å². The van der Waals surface area contributed by atoms with E-state index in [4.69, 9.17) is 11.5 Å². The highest BCUT2D eigenvalue weighted by molar-refractivity contribution is 5.76. The molecule has 0 aromatic carbocycles. The van der Waals surface area contributed by atoms with Crippen molar-refractivity contribution in [3.8, 4) is 12.3 Å². The summed E-state index contributed by atoms with van der Waals surface area (Å²) in [5.74, 6) is 1.59. The molecule has 0 aliphatic heterocycles. The molecule has 0 aromatic rings. The molecule has 0 saturated carbocycles. The van der Waals surface area contributed by atoms with Gasteiger partial charge in [0.15, 0.2) is 0 Å². The van der Waals surface area contributed by atoms with Crippen LogP contribution < -0.4 is 0 Å². The number of amides is 1. The van der Waals surface area contributed by atoms with Gasteiger partial charge < -0.3 is 10.0 Å².